The highest BCUT2D eigenvalue weighted by Gasteiger charge is 2.47. The molecule has 0 aliphatic carbocycles. The Kier molecular flexibility index (Phi) is 7.29. The third kappa shape index (κ3) is 5.06. The Bertz CT molecular complexity index is 1380. The molecular weight excluding hydrogens is 483 g/mol. The first-order valence-corrected chi connectivity index (χ1v) is 12.7. The van der Waals surface area contributed by atoms with Crippen molar-refractivity contribution in [1.29, 1.82) is 5.26 Å². The third-order valence-corrected chi connectivity index (χ3v) is 7.25. The highest BCUT2D eigenvalue weighted by Crippen LogP contribution is 2.31. The summed E-state index contributed by atoms with van der Waals surface area (Å²) in [5.74, 6) is -2.20. The van der Waals surface area contributed by atoms with Gasteiger partial charge in [0, 0.05) is 25.7 Å². The van der Waals surface area contributed by atoms with Crippen LogP contribution in [0.25, 0.3) is 0 Å². The maximum atomic E-state index is 14.7. The van der Waals surface area contributed by atoms with E-state index in [-0.39, 0.29) is 18.0 Å². The number of likely N-dealkylation sites (tertiary alicyclic amines) is 1. The van der Waals surface area contributed by atoms with Crippen molar-refractivity contribution in [3.05, 3.63) is 101 Å². The first kappa shape index (κ1) is 25.3. The van der Waals surface area contributed by atoms with Crippen molar-refractivity contribution < 1.29 is 18.8 Å². The second-order valence-corrected chi connectivity index (χ2v) is 9.63. The van der Waals surface area contributed by atoms with Crippen LogP contribution in [0.5, 0.6) is 0 Å². The van der Waals surface area contributed by atoms with Crippen LogP contribution in [0.1, 0.15) is 40.7 Å². The lowest BCUT2D eigenvalue weighted by atomic mass is 9.98. The van der Waals surface area contributed by atoms with Gasteiger partial charge in [-0.15, -0.1) is 0 Å². The fourth-order valence-corrected chi connectivity index (χ4v) is 5.32. The smallest absolute Gasteiger partial charge is 0.257 e. The lowest BCUT2D eigenvalue weighted by Crippen LogP contribution is -2.54. The zero-order valence-corrected chi connectivity index (χ0v) is 20.8. The number of halogens is 1. The lowest BCUT2D eigenvalue weighted by molar-refractivity contribution is -0.123. The number of hydrogen-bond donors (Lipinski definition) is 0. The van der Waals surface area contributed by atoms with Crippen molar-refractivity contribution in [2.75, 3.05) is 18.0 Å². The molecule has 2 aliphatic heterocycles. The number of anilines is 1. The quantitative estimate of drug-likeness (QED) is 0.466. The molecule has 3 aromatic rings. The van der Waals surface area contributed by atoms with Gasteiger partial charge in [0.2, 0.25) is 5.91 Å². The largest absolute Gasteiger partial charge is 0.323 e. The van der Waals surface area contributed by atoms with E-state index in [9.17, 15) is 18.8 Å². The Hall–Kier alpha value is -4.35. The number of nitriles is 1. The second-order valence-electron chi connectivity index (χ2n) is 9.63. The highest BCUT2D eigenvalue weighted by molar-refractivity contribution is 6.23. The van der Waals surface area contributed by atoms with Crippen molar-refractivity contribution in [3.63, 3.8) is 0 Å². The van der Waals surface area contributed by atoms with E-state index in [0.717, 1.165) is 11.4 Å². The molecule has 0 saturated carbocycles. The standard InChI is InChI=1S/C30H27FN4O3/c31-26-9-5-4-8-25(26)29(37)34(24-14-16-33(17-15-24)20-22-6-2-1-3-7-22)27-18-28(36)35(30(27)38)23-12-10-21(19-32)11-13-23/h1-13,24,27H,14-18,20H2. The van der Waals surface area contributed by atoms with Gasteiger partial charge in [-0.1, -0.05) is 42.5 Å². The van der Waals surface area contributed by atoms with Gasteiger partial charge in [0.05, 0.1) is 29.3 Å². The van der Waals surface area contributed by atoms with Crippen LogP contribution in [-0.4, -0.2) is 52.7 Å². The van der Waals surface area contributed by atoms with Gasteiger partial charge in [-0.05, 0) is 54.8 Å². The Morgan fingerprint density at radius 1 is 0.947 bits per heavy atom. The number of imide groups is 1. The van der Waals surface area contributed by atoms with Gasteiger partial charge >= 0.3 is 0 Å². The number of carbonyl (C=O) groups is 3. The molecule has 0 aromatic heterocycles. The van der Waals surface area contributed by atoms with Crippen molar-refractivity contribution >= 4 is 23.4 Å². The molecule has 38 heavy (non-hydrogen) atoms. The van der Waals surface area contributed by atoms with Crippen LogP contribution in [-0.2, 0) is 16.1 Å². The summed E-state index contributed by atoms with van der Waals surface area (Å²) in [5, 5.41) is 9.07. The van der Waals surface area contributed by atoms with E-state index in [0.29, 0.717) is 37.2 Å². The van der Waals surface area contributed by atoms with E-state index >= 15 is 0 Å². The number of amides is 3. The Morgan fingerprint density at radius 2 is 1.61 bits per heavy atom. The van der Waals surface area contributed by atoms with Crippen LogP contribution in [0.4, 0.5) is 10.1 Å². The Morgan fingerprint density at radius 3 is 2.26 bits per heavy atom. The van der Waals surface area contributed by atoms with Crippen molar-refractivity contribution in [2.45, 2.75) is 37.9 Å². The summed E-state index contributed by atoms with van der Waals surface area (Å²) in [6, 6.07) is 22.7. The van der Waals surface area contributed by atoms with E-state index in [1.807, 2.05) is 24.3 Å². The molecule has 0 bridgehead atoms. The fraction of sp³-hybridized carbons (Fsp3) is 0.267. The normalized spacial score (nSPS) is 18.4. The number of nitrogens with zero attached hydrogens (tertiary/aromatic N) is 4. The van der Waals surface area contributed by atoms with Gasteiger partial charge in [-0.2, -0.15) is 5.26 Å². The van der Waals surface area contributed by atoms with Gasteiger partial charge in [-0.3, -0.25) is 19.3 Å². The summed E-state index contributed by atoms with van der Waals surface area (Å²) in [6.07, 6.45) is 1.02. The average Bonchev–Trinajstić information content (AvgIpc) is 3.23. The third-order valence-electron chi connectivity index (χ3n) is 7.25. The van der Waals surface area contributed by atoms with E-state index in [4.69, 9.17) is 5.26 Å². The van der Waals surface area contributed by atoms with Crippen LogP contribution < -0.4 is 4.90 Å². The first-order chi connectivity index (χ1) is 18.5. The van der Waals surface area contributed by atoms with E-state index in [1.54, 1.807) is 18.2 Å². The summed E-state index contributed by atoms with van der Waals surface area (Å²) in [7, 11) is 0. The molecule has 7 nitrogen and oxygen atoms in total. The fourth-order valence-electron chi connectivity index (χ4n) is 5.32. The molecule has 2 heterocycles. The first-order valence-electron chi connectivity index (χ1n) is 12.7. The van der Waals surface area contributed by atoms with Crippen molar-refractivity contribution in [3.8, 4) is 6.07 Å². The number of piperidine rings is 1. The highest BCUT2D eigenvalue weighted by atomic mass is 19.1. The molecule has 2 fully saturated rings. The van der Waals surface area contributed by atoms with E-state index in [2.05, 4.69) is 17.0 Å². The van der Waals surface area contributed by atoms with Gasteiger partial charge in [0.1, 0.15) is 11.9 Å². The molecule has 3 aromatic carbocycles. The summed E-state index contributed by atoms with van der Waals surface area (Å²) in [4.78, 5) is 45.2. The van der Waals surface area contributed by atoms with Crippen LogP contribution in [0.2, 0.25) is 0 Å². The monoisotopic (exact) mass is 510 g/mol. The topological polar surface area (TPSA) is 84.7 Å². The zero-order valence-electron chi connectivity index (χ0n) is 20.8. The Balaban J connectivity index is 1.40. The van der Waals surface area contributed by atoms with Gasteiger partial charge < -0.3 is 4.90 Å². The molecule has 5 rings (SSSR count). The van der Waals surface area contributed by atoms with Crippen LogP contribution in [0, 0.1) is 17.1 Å². The molecule has 2 aliphatic rings. The molecule has 0 spiro atoms. The number of hydrogen-bond acceptors (Lipinski definition) is 5. The van der Waals surface area contributed by atoms with Crippen LogP contribution in [0.15, 0.2) is 78.9 Å². The number of benzene rings is 3. The molecular formula is C30H27FN4O3. The molecule has 0 radical (unpaired) electrons. The van der Waals surface area contributed by atoms with E-state index < -0.39 is 29.6 Å². The molecule has 8 heteroatoms. The Labute approximate surface area is 220 Å². The minimum Gasteiger partial charge on any atom is -0.323 e. The maximum absolute atomic E-state index is 14.7. The van der Waals surface area contributed by atoms with Crippen molar-refractivity contribution in [2.24, 2.45) is 0 Å². The molecule has 192 valence electrons. The molecule has 3 amide bonds. The number of rotatable bonds is 6. The maximum Gasteiger partial charge on any atom is 0.257 e. The predicted molar refractivity (Wildman–Crippen MR) is 139 cm³/mol. The molecule has 2 saturated heterocycles. The minimum atomic E-state index is -1.03. The molecule has 1 atom stereocenters. The summed E-state index contributed by atoms with van der Waals surface area (Å²) in [6.45, 7) is 2.19. The number of carbonyl (C=O) groups excluding carboxylic acids is 3. The molecule has 0 N–H and O–H groups in total. The average molecular weight is 511 g/mol. The summed E-state index contributed by atoms with van der Waals surface area (Å²) in [5.41, 5.74) is 1.83. The van der Waals surface area contributed by atoms with E-state index in [1.165, 1.54) is 40.8 Å². The van der Waals surface area contributed by atoms with Crippen LogP contribution >= 0.6 is 0 Å². The second kappa shape index (κ2) is 11.0. The molecule has 1 unspecified atom stereocenters. The zero-order chi connectivity index (χ0) is 26.6. The SMILES string of the molecule is N#Cc1ccc(N2C(=O)CC(N(C(=O)c3ccccc3F)C3CCN(Cc4ccccc4)CC3)C2=O)cc1. The van der Waals surface area contributed by atoms with Crippen molar-refractivity contribution in [1.82, 2.24) is 9.80 Å². The van der Waals surface area contributed by atoms with Crippen LogP contribution in [0.3, 0.4) is 0 Å². The lowest BCUT2D eigenvalue weighted by Gasteiger charge is -2.40. The summed E-state index contributed by atoms with van der Waals surface area (Å²) >= 11 is 0. The van der Waals surface area contributed by atoms with Gasteiger partial charge in [0.25, 0.3) is 11.8 Å². The predicted octanol–water partition coefficient (Wildman–Crippen LogP) is 4.14. The van der Waals surface area contributed by atoms with Gasteiger partial charge in [-0.25, -0.2) is 9.29 Å². The van der Waals surface area contributed by atoms with Gasteiger partial charge in [0.15, 0.2) is 0 Å². The minimum absolute atomic E-state index is 0.115. The summed E-state index contributed by atoms with van der Waals surface area (Å²) < 4.78 is 14.7.